The molecule has 6 heteroatoms. The number of hydrogen-bond donors (Lipinski definition) is 0. The first kappa shape index (κ1) is 14.6. The van der Waals surface area contributed by atoms with E-state index < -0.39 is 4.92 Å². The van der Waals surface area contributed by atoms with Crippen molar-refractivity contribution in [2.24, 2.45) is 0 Å². The molecule has 112 valence electrons. The van der Waals surface area contributed by atoms with E-state index in [2.05, 4.69) is 0 Å². The van der Waals surface area contributed by atoms with Crippen LogP contribution in [0.5, 0.6) is 0 Å². The summed E-state index contributed by atoms with van der Waals surface area (Å²) >= 11 is 1.40. The molecule has 1 aliphatic heterocycles. The summed E-state index contributed by atoms with van der Waals surface area (Å²) in [5.74, 6) is 0.389. The molecule has 0 aromatic heterocycles. The molecule has 1 amide bonds. The molecular formula is C16H14N2O3S. The van der Waals surface area contributed by atoms with Crippen molar-refractivity contribution in [1.82, 2.24) is 0 Å². The Balaban J connectivity index is 1.62. The van der Waals surface area contributed by atoms with Gasteiger partial charge in [0.15, 0.2) is 0 Å². The van der Waals surface area contributed by atoms with E-state index in [1.54, 1.807) is 12.1 Å². The van der Waals surface area contributed by atoms with Gasteiger partial charge in [-0.2, -0.15) is 0 Å². The fourth-order valence-electron chi connectivity index (χ4n) is 2.48. The monoisotopic (exact) mass is 314 g/mol. The number of fused-ring (bicyclic) bond motifs is 1. The normalized spacial score (nSPS) is 13.0. The number of para-hydroxylation sites is 1. The quantitative estimate of drug-likeness (QED) is 0.493. The first-order valence-corrected chi connectivity index (χ1v) is 7.89. The number of thioether (sulfide) groups is 1. The van der Waals surface area contributed by atoms with E-state index in [4.69, 9.17) is 0 Å². The number of nitro benzene ring substituents is 1. The van der Waals surface area contributed by atoms with Gasteiger partial charge in [0.2, 0.25) is 5.91 Å². The molecule has 2 aromatic rings. The van der Waals surface area contributed by atoms with Gasteiger partial charge in [0, 0.05) is 29.3 Å². The molecule has 0 bridgehead atoms. The second-order valence-electron chi connectivity index (χ2n) is 4.96. The van der Waals surface area contributed by atoms with Crippen molar-refractivity contribution in [2.45, 2.75) is 11.3 Å². The zero-order valence-electron chi connectivity index (χ0n) is 11.8. The number of nitro groups is 1. The number of nitrogens with zero attached hydrogens (tertiary/aromatic N) is 2. The zero-order valence-corrected chi connectivity index (χ0v) is 12.6. The molecular weight excluding hydrogens is 300 g/mol. The highest BCUT2D eigenvalue weighted by atomic mass is 32.2. The Kier molecular flexibility index (Phi) is 4.11. The van der Waals surface area contributed by atoms with Crippen LogP contribution in [0.4, 0.5) is 11.4 Å². The molecule has 22 heavy (non-hydrogen) atoms. The van der Waals surface area contributed by atoms with E-state index in [9.17, 15) is 14.9 Å². The van der Waals surface area contributed by atoms with Crippen molar-refractivity contribution in [3.63, 3.8) is 0 Å². The van der Waals surface area contributed by atoms with Crippen LogP contribution >= 0.6 is 11.8 Å². The van der Waals surface area contributed by atoms with Crippen molar-refractivity contribution in [3.8, 4) is 0 Å². The second kappa shape index (κ2) is 6.19. The number of anilines is 1. The summed E-state index contributed by atoms with van der Waals surface area (Å²) in [5, 5.41) is 10.6. The van der Waals surface area contributed by atoms with Crippen LogP contribution < -0.4 is 4.90 Å². The minimum Gasteiger partial charge on any atom is -0.311 e. The maximum atomic E-state index is 12.4. The molecule has 0 aliphatic carbocycles. The molecule has 0 saturated heterocycles. The van der Waals surface area contributed by atoms with Gasteiger partial charge in [-0.25, -0.2) is 0 Å². The first-order chi connectivity index (χ1) is 10.6. The topological polar surface area (TPSA) is 63.4 Å². The van der Waals surface area contributed by atoms with Crippen LogP contribution in [0.1, 0.15) is 5.56 Å². The van der Waals surface area contributed by atoms with Gasteiger partial charge < -0.3 is 4.90 Å². The minimum atomic E-state index is -0.430. The molecule has 3 rings (SSSR count). The molecule has 0 unspecified atom stereocenters. The molecule has 0 fully saturated rings. The zero-order chi connectivity index (χ0) is 15.5. The molecule has 2 aromatic carbocycles. The minimum absolute atomic E-state index is 0.0594. The maximum absolute atomic E-state index is 12.4. The average Bonchev–Trinajstić information content (AvgIpc) is 2.97. The van der Waals surface area contributed by atoms with Crippen LogP contribution in [0, 0.1) is 10.1 Å². The first-order valence-electron chi connectivity index (χ1n) is 6.90. The predicted octanol–water partition coefficient (Wildman–Crippen LogP) is 3.28. The van der Waals surface area contributed by atoms with Gasteiger partial charge >= 0.3 is 0 Å². The maximum Gasteiger partial charge on any atom is 0.269 e. The van der Waals surface area contributed by atoms with E-state index in [1.807, 2.05) is 29.2 Å². The molecule has 0 radical (unpaired) electrons. The summed E-state index contributed by atoms with van der Waals surface area (Å²) in [6, 6.07) is 14.2. The Morgan fingerprint density at radius 2 is 1.91 bits per heavy atom. The number of carbonyl (C=O) groups is 1. The summed E-state index contributed by atoms with van der Waals surface area (Å²) in [6.07, 6.45) is 0.893. The van der Waals surface area contributed by atoms with E-state index in [0.717, 1.165) is 23.5 Å². The third-order valence-corrected chi connectivity index (χ3v) is 4.59. The fourth-order valence-corrected chi connectivity index (χ4v) is 3.26. The lowest BCUT2D eigenvalue weighted by Gasteiger charge is -2.16. The third kappa shape index (κ3) is 2.96. The summed E-state index contributed by atoms with van der Waals surface area (Å²) in [4.78, 5) is 25.2. The summed E-state index contributed by atoms with van der Waals surface area (Å²) in [7, 11) is 0. The number of carbonyl (C=O) groups excluding carboxylic acids is 1. The third-order valence-electron chi connectivity index (χ3n) is 3.60. The highest BCUT2D eigenvalue weighted by Crippen LogP contribution is 2.29. The standard InChI is InChI=1S/C16H14N2O3S/c19-16(17-10-9-12-3-1-2-4-15(12)17)11-22-14-7-5-13(6-8-14)18(20)21/h1-8H,9-11H2. The predicted molar refractivity (Wildman–Crippen MR) is 86.3 cm³/mol. The number of rotatable bonds is 4. The van der Waals surface area contributed by atoms with E-state index in [0.29, 0.717) is 5.75 Å². The lowest BCUT2D eigenvalue weighted by Crippen LogP contribution is -2.30. The molecule has 1 aliphatic rings. The van der Waals surface area contributed by atoms with Crippen molar-refractivity contribution in [3.05, 3.63) is 64.2 Å². The fraction of sp³-hybridized carbons (Fsp3) is 0.188. The van der Waals surface area contributed by atoms with E-state index in [1.165, 1.54) is 29.5 Å². The number of amides is 1. The van der Waals surface area contributed by atoms with Crippen molar-refractivity contribution >= 4 is 29.0 Å². The van der Waals surface area contributed by atoms with Gasteiger partial charge in [0.05, 0.1) is 10.7 Å². The van der Waals surface area contributed by atoms with Gasteiger partial charge in [0.25, 0.3) is 5.69 Å². The van der Waals surface area contributed by atoms with Crippen LogP contribution in [-0.2, 0) is 11.2 Å². The number of non-ortho nitro benzene ring substituents is 1. The Hall–Kier alpha value is -2.34. The van der Waals surface area contributed by atoms with Gasteiger partial charge in [-0.05, 0) is 30.2 Å². The summed E-state index contributed by atoms with van der Waals surface area (Å²) < 4.78 is 0. The molecule has 5 nitrogen and oxygen atoms in total. The highest BCUT2D eigenvalue weighted by molar-refractivity contribution is 8.00. The number of hydrogen-bond acceptors (Lipinski definition) is 4. The SMILES string of the molecule is O=C(CSc1ccc([N+](=O)[O-])cc1)N1CCc2ccccc21. The number of benzene rings is 2. The average molecular weight is 314 g/mol. The molecule has 0 saturated carbocycles. The Morgan fingerprint density at radius 3 is 2.64 bits per heavy atom. The highest BCUT2D eigenvalue weighted by Gasteiger charge is 2.23. The van der Waals surface area contributed by atoms with Crippen LogP contribution in [0.2, 0.25) is 0 Å². The van der Waals surface area contributed by atoms with Crippen LogP contribution in [0.25, 0.3) is 0 Å². The summed E-state index contributed by atoms with van der Waals surface area (Å²) in [6.45, 7) is 0.721. The smallest absolute Gasteiger partial charge is 0.269 e. The van der Waals surface area contributed by atoms with Crippen molar-refractivity contribution in [2.75, 3.05) is 17.2 Å². The molecule has 1 heterocycles. The van der Waals surface area contributed by atoms with Gasteiger partial charge in [-0.15, -0.1) is 11.8 Å². The molecule has 0 atom stereocenters. The van der Waals surface area contributed by atoms with Gasteiger partial charge in [0.1, 0.15) is 0 Å². The molecule has 0 spiro atoms. The van der Waals surface area contributed by atoms with Crippen LogP contribution in [0.3, 0.4) is 0 Å². The summed E-state index contributed by atoms with van der Waals surface area (Å²) in [5.41, 5.74) is 2.26. The van der Waals surface area contributed by atoms with Gasteiger partial charge in [-0.3, -0.25) is 14.9 Å². The van der Waals surface area contributed by atoms with Crippen LogP contribution in [0.15, 0.2) is 53.4 Å². The van der Waals surface area contributed by atoms with E-state index in [-0.39, 0.29) is 11.6 Å². The Bertz CT molecular complexity index is 716. The lowest BCUT2D eigenvalue weighted by molar-refractivity contribution is -0.384. The van der Waals surface area contributed by atoms with E-state index >= 15 is 0 Å². The largest absolute Gasteiger partial charge is 0.311 e. The lowest BCUT2D eigenvalue weighted by atomic mass is 10.2. The second-order valence-corrected chi connectivity index (χ2v) is 6.01. The van der Waals surface area contributed by atoms with Gasteiger partial charge in [-0.1, -0.05) is 18.2 Å². The van der Waals surface area contributed by atoms with Crippen molar-refractivity contribution in [1.29, 1.82) is 0 Å². The van der Waals surface area contributed by atoms with Crippen molar-refractivity contribution < 1.29 is 9.72 Å². The van der Waals surface area contributed by atoms with Crippen LogP contribution in [-0.4, -0.2) is 23.1 Å². The Morgan fingerprint density at radius 1 is 1.18 bits per heavy atom. The Labute approximate surface area is 132 Å². The molecule has 0 N–H and O–H groups in total.